The van der Waals surface area contributed by atoms with Crippen molar-refractivity contribution in [3.63, 3.8) is 0 Å². The summed E-state index contributed by atoms with van der Waals surface area (Å²) in [4.78, 5) is 0. The minimum atomic E-state index is 0.435. The normalized spacial score (nSPS) is 28.7. The molecule has 2 aliphatic rings. The standard InChI is InChI=1S/C12H16/c1-2-4-8-12(9-5-3-1)10-6-7-11-12/h1-2,6-7,10-11H,3-5,8-9H2/b2-1-. The van der Waals surface area contributed by atoms with E-state index >= 15 is 0 Å². The molecule has 0 aromatic carbocycles. The molecule has 0 saturated carbocycles. The first-order chi connectivity index (χ1) is 5.91. The van der Waals surface area contributed by atoms with Gasteiger partial charge in [-0.3, -0.25) is 0 Å². The van der Waals surface area contributed by atoms with Crippen molar-refractivity contribution in [3.8, 4) is 0 Å². The van der Waals surface area contributed by atoms with Crippen LogP contribution in [0.1, 0.15) is 32.1 Å². The van der Waals surface area contributed by atoms with E-state index in [0.29, 0.717) is 5.41 Å². The second-order valence-corrected chi connectivity index (χ2v) is 3.85. The van der Waals surface area contributed by atoms with Crippen LogP contribution in [0.15, 0.2) is 36.5 Å². The summed E-state index contributed by atoms with van der Waals surface area (Å²) in [6.07, 6.45) is 20.3. The van der Waals surface area contributed by atoms with E-state index in [1.54, 1.807) is 0 Å². The van der Waals surface area contributed by atoms with Crippen LogP contribution in [0.2, 0.25) is 0 Å². The zero-order chi connectivity index (χ0) is 8.28. The summed E-state index contributed by atoms with van der Waals surface area (Å²) in [6, 6.07) is 0. The Morgan fingerprint density at radius 2 is 1.58 bits per heavy atom. The number of hydrogen-bond acceptors (Lipinski definition) is 0. The van der Waals surface area contributed by atoms with Crippen molar-refractivity contribution in [1.82, 2.24) is 0 Å². The lowest BCUT2D eigenvalue weighted by Gasteiger charge is -2.25. The average molecular weight is 160 g/mol. The highest BCUT2D eigenvalue weighted by molar-refractivity contribution is 5.25. The summed E-state index contributed by atoms with van der Waals surface area (Å²) < 4.78 is 0. The lowest BCUT2D eigenvalue weighted by Crippen LogP contribution is -2.13. The van der Waals surface area contributed by atoms with Crippen LogP contribution in [0.3, 0.4) is 0 Å². The van der Waals surface area contributed by atoms with E-state index in [1.807, 2.05) is 0 Å². The number of hydrogen-bond donors (Lipinski definition) is 0. The van der Waals surface area contributed by atoms with Gasteiger partial charge in [-0.1, -0.05) is 36.5 Å². The maximum atomic E-state index is 2.38. The summed E-state index contributed by atoms with van der Waals surface area (Å²) in [5.41, 5.74) is 0.435. The second-order valence-electron chi connectivity index (χ2n) is 3.85. The second kappa shape index (κ2) is 3.30. The third-order valence-electron chi connectivity index (χ3n) is 2.92. The predicted molar refractivity (Wildman–Crippen MR) is 52.9 cm³/mol. The third-order valence-corrected chi connectivity index (χ3v) is 2.92. The van der Waals surface area contributed by atoms with Crippen LogP contribution in [-0.2, 0) is 0 Å². The average Bonchev–Trinajstić information content (AvgIpc) is 2.47. The Bertz CT molecular complexity index is 218. The monoisotopic (exact) mass is 160 g/mol. The first kappa shape index (κ1) is 7.85. The Morgan fingerprint density at radius 3 is 2.42 bits per heavy atom. The third kappa shape index (κ3) is 1.52. The van der Waals surface area contributed by atoms with Gasteiger partial charge in [0, 0.05) is 5.41 Å². The minimum Gasteiger partial charge on any atom is -0.0885 e. The summed E-state index contributed by atoms with van der Waals surface area (Å²) in [7, 11) is 0. The van der Waals surface area contributed by atoms with E-state index in [0.717, 1.165) is 0 Å². The van der Waals surface area contributed by atoms with Gasteiger partial charge in [-0.15, -0.1) is 0 Å². The smallest absolute Gasteiger partial charge is 0.00702 e. The van der Waals surface area contributed by atoms with Crippen LogP contribution in [0.25, 0.3) is 0 Å². The van der Waals surface area contributed by atoms with Crippen molar-refractivity contribution in [2.45, 2.75) is 32.1 Å². The fourth-order valence-electron chi connectivity index (χ4n) is 2.15. The van der Waals surface area contributed by atoms with Gasteiger partial charge in [0.25, 0.3) is 0 Å². The molecule has 0 nitrogen and oxygen atoms in total. The Balaban J connectivity index is 2.09. The Kier molecular flexibility index (Phi) is 2.16. The zero-order valence-electron chi connectivity index (χ0n) is 7.50. The van der Waals surface area contributed by atoms with Gasteiger partial charge < -0.3 is 0 Å². The molecule has 0 aliphatic heterocycles. The van der Waals surface area contributed by atoms with Crippen LogP contribution in [0, 0.1) is 5.41 Å². The minimum absolute atomic E-state index is 0.435. The summed E-state index contributed by atoms with van der Waals surface area (Å²) >= 11 is 0. The molecule has 0 fully saturated rings. The van der Waals surface area contributed by atoms with Crippen molar-refractivity contribution in [1.29, 1.82) is 0 Å². The number of allylic oxidation sites excluding steroid dienone is 6. The maximum absolute atomic E-state index is 2.38. The molecule has 0 radical (unpaired) electrons. The molecule has 0 saturated heterocycles. The predicted octanol–water partition coefficient (Wildman–Crippen LogP) is 3.62. The van der Waals surface area contributed by atoms with Crippen molar-refractivity contribution in [2.75, 3.05) is 0 Å². The van der Waals surface area contributed by atoms with Crippen LogP contribution < -0.4 is 0 Å². The van der Waals surface area contributed by atoms with Gasteiger partial charge in [-0.05, 0) is 32.1 Å². The van der Waals surface area contributed by atoms with E-state index in [9.17, 15) is 0 Å². The largest absolute Gasteiger partial charge is 0.0885 e. The highest BCUT2D eigenvalue weighted by Gasteiger charge is 2.24. The summed E-state index contributed by atoms with van der Waals surface area (Å²) in [5.74, 6) is 0. The van der Waals surface area contributed by atoms with Crippen molar-refractivity contribution < 1.29 is 0 Å². The summed E-state index contributed by atoms with van der Waals surface area (Å²) in [6.45, 7) is 0. The molecule has 0 N–H and O–H groups in total. The van der Waals surface area contributed by atoms with Crippen molar-refractivity contribution in [3.05, 3.63) is 36.5 Å². The van der Waals surface area contributed by atoms with Gasteiger partial charge in [0.2, 0.25) is 0 Å². The Morgan fingerprint density at radius 1 is 0.833 bits per heavy atom. The van der Waals surface area contributed by atoms with Gasteiger partial charge in [-0.25, -0.2) is 0 Å². The van der Waals surface area contributed by atoms with Gasteiger partial charge in [0.05, 0.1) is 0 Å². The van der Waals surface area contributed by atoms with Crippen LogP contribution in [0.4, 0.5) is 0 Å². The lowest BCUT2D eigenvalue weighted by molar-refractivity contribution is 0.405. The molecule has 2 aliphatic carbocycles. The number of rotatable bonds is 0. The molecule has 0 unspecified atom stereocenters. The topological polar surface area (TPSA) is 0 Å². The first-order valence-corrected chi connectivity index (χ1v) is 4.93. The molecule has 0 heteroatoms. The molecule has 0 aromatic heterocycles. The van der Waals surface area contributed by atoms with E-state index in [-0.39, 0.29) is 0 Å². The molecule has 1 spiro atoms. The van der Waals surface area contributed by atoms with Gasteiger partial charge in [0.1, 0.15) is 0 Å². The van der Waals surface area contributed by atoms with Crippen molar-refractivity contribution >= 4 is 0 Å². The molecular weight excluding hydrogens is 144 g/mol. The van der Waals surface area contributed by atoms with E-state index in [4.69, 9.17) is 0 Å². The molecule has 0 amide bonds. The molecule has 0 bridgehead atoms. The molecule has 0 atom stereocenters. The molecule has 2 rings (SSSR count). The fraction of sp³-hybridized carbons (Fsp3) is 0.500. The van der Waals surface area contributed by atoms with Gasteiger partial charge in [-0.2, -0.15) is 0 Å². The van der Waals surface area contributed by atoms with E-state index < -0.39 is 0 Å². The van der Waals surface area contributed by atoms with Crippen LogP contribution >= 0.6 is 0 Å². The first-order valence-electron chi connectivity index (χ1n) is 4.93. The lowest BCUT2D eigenvalue weighted by atomic mass is 9.79. The maximum Gasteiger partial charge on any atom is 0.00702 e. The van der Waals surface area contributed by atoms with Gasteiger partial charge in [0.15, 0.2) is 0 Å². The molecule has 0 heterocycles. The Labute approximate surface area is 74.7 Å². The molecule has 12 heavy (non-hydrogen) atoms. The molecular formula is C12H16. The van der Waals surface area contributed by atoms with E-state index in [1.165, 1.54) is 32.1 Å². The highest BCUT2D eigenvalue weighted by Crippen LogP contribution is 2.37. The molecule has 0 aromatic rings. The van der Waals surface area contributed by atoms with Gasteiger partial charge >= 0.3 is 0 Å². The van der Waals surface area contributed by atoms with E-state index in [2.05, 4.69) is 36.5 Å². The molecule has 64 valence electrons. The quantitative estimate of drug-likeness (QED) is 0.475. The highest BCUT2D eigenvalue weighted by atomic mass is 14.3. The Hall–Kier alpha value is -0.780. The fourth-order valence-corrected chi connectivity index (χ4v) is 2.15. The van der Waals surface area contributed by atoms with Crippen molar-refractivity contribution in [2.24, 2.45) is 5.41 Å². The zero-order valence-corrected chi connectivity index (χ0v) is 7.50. The van der Waals surface area contributed by atoms with Crippen LogP contribution in [-0.4, -0.2) is 0 Å². The SMILES string of the molecule is C1=CC2(C=C1)CC/C=C\CCC2. The van der Waals surface area contributed by atoms with Crippen LogP contribution in [0.5, 0.6) is 0 Å². The summed E-state index contributed by atoms with van der Waals surface area (Å²) in [5, 5.41) is 0.